The van der Waals surface area contributed by atoms with E-state index < -0.39 is 12.0 Å². The highest BCUT2D eigenvalue weighted by Crippen LogP contribution is 2.35. The number of fused-ring (bicyclic) bond motifs is 1. The Bertz CT molecular complexity index is 1260. The molecule has 1 saturated heterocycles. The minimum Gasteiger partial charge on any atom is -0.493 e. The Morgan fingerprint density at radius 1 is 1.21 bits per heavy atom. The Labute approximate surface area is 224 Å². The number of halogens is 4. The number of benzene rings is 2. The maximum atomic E-state index is 13.4. The predicted octanol–water partition coefficient (Wildman–Crippen LogP) is 3.72. The summed E-state index contributed by atoms with van der Waals surface area (Å²) in [6, 6.07) is 13.3. The van der Waals surface area contributed by atoms with Crippen LogP contribution in [-0.2, 0) is 19.1 Å². The number of carbonyl (C=O) groups is 1. The fourth-order valence-corrected chi connectivity index (χ4v) is 5.08. The molecule has 2 atom stereocenters. The Morgan fingerprint density at radius 2 is 2.00 bits per heavy atom. The summed E-state index contributed by atoms with van der Waals surface area (Å²) in [4.78, 5) is 14.3. The average molecular weight is 552 g/mol. The van der Waals surface area contributed by atoms with E-state index >= 15 is 0 Å². The highest BCUT2D eigenvalue weighted by molar-refractivity contribution is 5.85. The first-order valence-electron chi connectivity index (χ1n) is 12.3. The van der Waals surface area contributed by atoms with Crippen molar-refractivity contribution < 1.29 is 22.7 Å². The van der Waals surface area contributed by atoms with Crippen LogP contribution in [0.15, 0.2) is 42.5 Å². The molecule has 9 nitrogen and oxygen atoms in total. The maximum Gasteiger partial charge on any atom is 0.453 e. The zero-order valence-electron chi connectivity index (χ0n) is 20.7. The molecule has 0 bridgehead atoms. The SMILES string of the molecule is CCNC(=O)N1CCC(NCc2cc(-n3nnnc3C(F)(F)F)cc3c2OCC3)C(c2ccccc2)C1.Cl. The van der Waals surface area contributed by atoms with Crippen LogP contribution in [0.1, 0.15) is 41.8 Å². The fraction of sp³-hybridized carbons (Fsp3) is 0.440. The zero-order valence-corrected chi connectivity index (χ0v) is 21.6. The Kier molecular flexibility index (Phi) is 8.41. The average Bonchev–Trinajstić information content (AvgIpc) is 3.58. The second-order valence-corrected chi connectivity index (χ2v) is 9.18. The molecule has 2 aliphatic rings. The van der Waals surface area contributed by atoms with E-state index in [-0.39, 0.29) is 36.1 Å². The molecule has 2 unspecified atom stereocenters. The van der Waals surface area contributed by atoms with Gasteiger partial charge >= 0.3 is 12.2 Å². The molecule has 1 aromatic heterocycles. The van der Waals surface area contributed by atoms with E-state index in [9.17, 15) is 18.0 Å². The van der Waals surface area contributed by atoms with E-state index in [1.165, 1.54) is 0 Å². The van der Waals surface area contributed by atoms with Crippen molar-refractivity contribution in [1.29, 1.82) is 0 Å². The number of nitrogens with one attached hydrogen (secondary N) is 2. The molecular weight excluding hydrogens is 523 g/mol. The molecular formula is C25H29ClF3N7O2. The van der Waals surface area contributed by atoms with Gasteiger partial charge in [-0.25, -0.2) is 4.79 Å². The quantitative estimate of drug-likeness (QED) is 0.485. The van der Waals surface area contributed by atoms with Crippen molar-refractivity contribution >= 4 is 18.4 Å². The van der Waals surface area contributed by atoms with Gasteiger partial charge in [0, 0.05) is 50.1 Å². The molecule has 0 spiro atoms. The molecule has 38 heavy (non-hydrogen) atoms. The summed E-state index contributed by atoms with van der Waals surface area (Å²) < 4.78 is 46.9. The van der Waals surface area contributed by atoms with Crippen LogP contribution >= 0.6 is 12.4 Å². The first-order chi connectivity index (χ1) is 17.8. The molecule has 204 valence electrons. The minimum absolute atomic E-state index is 0. The molecule has 0 saturated carbocycles. The van der Waals surface area contributed by atoms with E-state index in [0.717, 1.165) is 27.8 Å². The van der Waals surface area contributed by atoms with Crippen LogP contribution in [0, 0.1) is 0 Å². The molecule has 3 heterocycles. The third kappa shape index (κ3) is 5.70. The van der Waals surface area contributed by atoms with Crippen LogP contribution in [0.3, 0.4) is 0 Å². The van der Waals surface area contributed by atoms with Crippen LogP contribution in [0.25, 0.3) is 5.69 Å². The number of amides is 2. The number of aromatic nitrogens is 4. The molecule has 3 aromatic rings. The van der Waals surface area contributed by atoms with E-state index in [0.29, 0.717) is 45.0 Å². The molecule has 5 rings (SSSR count). The zero-order chi connectivity index (χ0) is 26.0. The summed E-state index contributed by atoms with van der Waals surface area (Å²) in [5, 5.41) is 16.5. The smallest absolute Gasteiger partial charge is 0.453 e. The second kappa shape index (κ2) is 11.6. The summed E-state index contributed by atoms with van der Waals surface area (Å²) in [5.41, 5.74) is 2.92. The number of nitrogens with zero attached hydrogens (tertiary/aromatic N) is 5. The van der Waals surface area contributed by atoms with Gasteiger partial charge in [0.05, 0.1) is 12.3 Å². The molecule has 0 radical (unpaired) electrons. The lowest BCUT2D eigenvalue weighted by Crippen LogP contribution is -2.52. The lowest BCUT2D eigenvalue weighted by molar-refractivity contribution is -0.146. The highest BCUT2D eigenvalue weighted by Gasteiger charge is 2.39. The van der Waals surface area contributed by atoms with Crippen molar-refractivity contribution in [2.24, 2.45) is 0 Å². The molecule has 1 fully saturated rings. The van der Waals surface area contributed by atoms with Gasteiger partial charge in [-0.15, -0.1) is 17.5 Å². The predicted molar refractivity (Wildman–Crippen MR) is 136 cm³/mol. The third-order valence-electron chi connectivity index (χ3n) is 6.82. The number of piperidine rings is 1. The van der Waals surface area contributed by atoms with Gasteiger partial charge in [-0.2, -0.15) is 17.9 Å². The Hall–Kier alpha value is -3.38. The van der Waals surface area contributed by atoms with Crippen LogP contribution in [0.5, 0.6) is 5.75 Å². The Balaban J connectivity index is 0.00000336. The number of hydrogen-bond donors (Lipinski definition) is 2. The number of hydrogen-bond acceptors (Lipinski definition) is 6. The van der Waals surface area contributed by atoms with Crippen molar-refractivity contribution in [2.45, 2.75) is 44.4 Å². The standard InChI is InChI=1S/C25H28F3N7O2.ClH/c1-2-29-24(36)34-10-8-21(20(15-34)16-6-4-3-5-7-16)30-14-18-13-19(12-17-9-11-37-22(17)18)35-23(25(26,27)28)31-32-33-35;/h3-7,12-13,20-21,30H,2,8-11,14-15H2,1H3,(H,29,36);1H. The third-order valence-corrected chi connectivity index (χ3v) is 6.82. The van der Waals surface area contributed by atoms with Crippen LogP contribution in [-0.4, -0.2) is 63.4 Å². The Morgan fingerprint density at radius 3 is 2.74 bits per heavy atom. The number of ether oxygens (including phenoxy) is 1. The lowest BCUT2D eigenvalue weighted by Gasteiger charge is -2.39. The second-order valence-electron chi connectivity index (χ2n) is 9.18. The van der Waals surface area contributed by atoms with Gasteiger partial charge in [0.2, 0.25) is 0 Å². The number of likely N-dealkylation sites (tertiary alicyclic amines) is 1. The molecule has 2 N–H and O–H groups in total. The van der Waals surface area contributed by atoms with Gasteiger partial charge in [0.25, 0.3) is 5.82 Å². The van der Waals surface area contributed by atoms with Crippen LogP contribution < -0.4 is 15.4 Å². The molecule has 2 amide bonds. The van der Waals surface area contributed by atoms with Gasteiger partial charge in [0.15, 0.2) is 0 Å². The first-order valence-corrected chi connectivity index (χ1v) is 12.3. The topological polar surface area (TPSA) is 97.2 Å². The summed E-state index contributed by atoms with van der Waals surface area (Å²) in [6.45, 7) is 4.46. The van der Waals surface area contributed by atoms with E-state index in [2.05, 4.69) is 38.3 Å². The summed E-state index contributed by atoms with van der Waals surface area (Å²) >= 11 is 0. The molecule has 0 aliphatic carbocycles. The van der Waals surface area contributed by atoms with Gasteiger partial charge in [0.1, 0.15) is 5.75 Å². The summed E-state index contributed by atoms with van der Waals surface area (Å²) in [7, 11) is 0. The number of rotatable bonds is 6. The van der Waals surface area contributed by atoms with Crippen molar-refractivity contribution in [3.63, 3.8) is 0 Å². The van der Waals surface area contributed by atoms with Crippen LogP contribution in [0.4, 0.5) is 18.0 Å². The van der Waals surface area contributed by atoms with E-state index in [1.807, 2.05) is 30.0 Å². The van der Waals surface area contributed by atoms with E-state index in [1.54, 1.807) is 12.1 Å². The minimum atomic E-state index is -4.68. The van der Waals surface area contributed by atoms with Gasteiger partial charge < -0.3 is 20.3 Å². The lowest BCUT2D eigenvalue weighted by atomic mass is 9.86. The number of urea groups is 1. The first kappa shape index (κ1) is 27.6. The van der Waals surface area contributed by atoms with Crippen molar-refractivity contribution in [3.05, 3.63) is 65.0 Å². The molecule has 13 heteroatoms. The maximum absolute atomic E-state index is 13.4. The molecule has 2 aromatic carbocycles. The van der Waals surface area contributed by atoms with Crippen molar-refractivity contribution in [3.8, 4) is 11.4 Å². The van der Waals surface area contributed by atoms with Crippen LogP contribution in [0.2, 0.25) is 0 Å². The van der Waals surface area contributed by atoms with Gasteiger partial charge in [-0.1, -0.05) is 30.3 Å². The summed E-state index contributed by atoms with van der Waals surface area (Å²) in [6.07, 6.45) is -3.36. The van der Waals surface area contributed by atoms with Crippen molar-refractivity contribution in [1.82, 2.24) is 35.7 Å². The normalized spacial score (nSPS) is 18.9. The monoisotopic (exact) mass is 551 g/mol. The summed E-state index contributed by atoms with van der Waals surface area (Å²) in [5.74, 6) is -0.438. The van der Waals surface area contributed by atoms with Crippen molar-refractivity contribution in [2.75, 3.05) is 26.2 Å². The van der Waals surface area contributed by atoms with E-state index in [4.69, 9.17) is 4.74 Å². The molecule has 2 aliphatic heterocycles. The number of alkyl halides is 3. The fourth-order valence-electron chi connectivity index (χ4n) is 5.08. The van der Waals surface area contributed by atoms with Gasteiger partial charge in [-0.05, 0) is 47.0 Å². The number of carbonyl (C=O) groups excluding carboxylic acids is 1. The highest BCUT2D eigenvalue weighted by atomic mass is 35.5. The number of tetrazole rings is 1. The largest absolute Gasteiger partial charge is 0.493 e. The van der Waals surface area contributed by atoms with Gasteiger partial charge in [-0.3, -0.25) is 0 Å².